The summed E-state index contributed by atoms with van der Waals surface area (Å²) in [5, 5.41) is 22.8. The first-order chi connectivity index (χ1) is 27.7. The van der Waals surface area contributed by atoms with Crippen LogP contribution in [-0.2, 0) is 4.79 Å². The molecule has 330 valence electrons. The fourth-order valence-electron chi connectivity index (χ4n) is 7.74. The lowest BCUT2D eigenvalue weighted by atomic mass is 10.0. The lowest BCUT2D eigenvalue weighted by Crippen LogP contribution is -2.45. The number of unbranched alkanes of at least 4 members (excludes halogenated alkanes) is 35. The molecule has 0 saturated heterocycles. The predicted octanol–water partition coefficient (Wildman–Crippen LogP) is 16.1. The number of carbonyl (C=O) groups is 1. The van der Waals surface area contributed by atoms with Crippen LogP contribution in [0.4, 0.5) is 0 Å². The topological polar surface area (TPSA) is 69.6 Å². The van der Waals surface area contributed by atoms with Crippen LogP contribution in [0.1, 0.15) is 271 Å². The summed E-state index contributed by atoms with van der Waals surface area (Å²) in [6.45, 7) is 4.25. The number of hydrogen-bond donors (Lipinski definition) is 3. The first-order valence-corrected chi connectivity index (χ1v) is 25.2. The molecule has 4 heteroatoms. The molecule has 0 bridgehead atoms. The Bertz CT molecular complexity index is 851. The minimum Gasteiger partial charge on any atom is -0.394 e. The van der Waals surface area contributed by atoms with Gasteiger partial charge in [-0.1, -0.05) is 249 Å². The maximum atomic E-state index is 12.3. The zero-order chi connectivity index (χ0) is 40.7. The minimum atomic E-state index is -0.833. The van der Waals surface area contributed by atoms with E-state index >= 15 is 0 Å². The van der Waals surface area contributed by atoms with E-state index < -0.39 is 12.1 Å². The molecule has 3 N–H and O–H groups in total. The van der Waals surface area contributed by atoms with Crippen molar-refractivity contribution in [3.63, 3.8) is 0 Å². The molecule has 0 saturated carbocycles. The molecule has 0 fully saturated rings. The van der Waals surface area contributed by atoms with Crippen molar-refractivity contribution in [3.05, 3.63) is 36.5 Å². The van der Waals surface area contributed by atoms with Crippen LogP contribution in [-0.4, -0.2) is 34.9 Å². The Labute approximate surface area is 351 Å². The minimum absolute atomic E-state index is 0.0647. The van der Waals surface area contributed by atoms with Gasteiger partial charge in [-0.05, 0) is 51.4 Å². The average molecular weight is 786 g/mol. The fraction of sp³-hybridized carbons (Fsp3) is 0.865. The second-order valence-corrected chi connectivity index (χ2v) is 17.2. The van der Waals surface area contributed by atoms with Crippen LogP contribution in [0.5, 0.6) is 0 Å². The largest absolute Gasteiger partial charge is 0.394 e. The van der Waals surface area contributed by atoms with E-state index in [4.69, 9.17) is 0 Å². The normalized spacial score (nSPS) is 13.1. The first-order valence-electron chi connectivity index (χ1n) is 25.2. The second kappa shape index (κ2) is 48.0. The summed E-state index contributed by atoms with van der Waals surface area (Å²) >= 11 is 0. The van der Waals surface area contributed by atoms with Crippen molar-refractivity contribution in [1.29, 1.82) is 0 Å². The van der Waals surface area contributed by atoms with Crippen LogP contribution < -0.4 is 5.32 Å². The molecule has 0 aromatic rings. The standard InChI is InChI=1S/C52H99NO3/c1-3-5-7-9-11-12-13-14-15-16-17-18-19-20-21-22-23-24-25-26-27-28-29-30-31-32-33-34-35-36-37-38-39-40-42-44-46-48-52(56)53-50(49-54)51(55)47-45-43-41-10-8-6-4-2/h13-14,16-17,45,47,50-51,54-55H,3-12,15,18-44,46,48-49H2,1-2H3,(H,53,56)/b14-13-,17-16-,47-45+. The molecule has 0 aliphatic heterocycles. The maximum absolute atomic E-state index is 12.3. The quantitative estimate of drug-likeness (QED) is 0.0425. The molecule has 1 amide bonds. The summed E-state index contributed by atoms with van der Waals surface area (Å²) in [6.07, 6.45) is 64.6. The number of aliphatic hydroxyl groups is 2. The molecule has 4 nitrogen and oxygen atoms in total. The van der Waals surface area contributed by atoms with E-state index in [1.807, 2.05) is 6.08 Å². The molecular formula is C52H99NO3. The van der Waals surface area contributed by atoms with Crippen molar-refractivity contribution in [3.8, 4) is 0 Å². The number of amides is 1. The summed E-state index contributed by atoms with van der Waals surface area (Å²) in [5.41, 5.74) is 0. The lowest BCUT2D eigenvalue weighted by molar-refractivity contribution is -0.123. The van der Waals surface area contributed by atoms with Gasteiger partial charge < -0.3 is 15.5 Å². The molecule has 2 atom stereocenters. The summed E-state index contributed by atoms with van der Waals surface area (Å²) in [5.74, 6) is -0.0647. The third-order valence-electron chi connectivity index (χ3n) is 11.6. The predicted molar refractivity (Wildman–Crippen MR) is 248 cm³/mol. The Morgan fingerprint density at radius 2 is 0.732 bits per heavy atom. The highest BCUT2D eigenvalue weighted by molar-refractivity contribution is 5.76. The SMILES string of the molecule is CCCCCCC/C=C\C/C=C\CCCCCCCCCCCCCCCCCCCCCCCCCCCC(=O)NC(CO)C(O)/C=C/CCCCCCC. The molecule has 0 aliphatic rings. The van der Waals surface area contributed by atoms with E-state index in [9.17, 15) is 15.0 Å². The first kappa shape index (κ1) is 54.6. The Hall–Kier alpha value is -1.39. The van der Waals surface area contributed by atoms with Gasteiger partial charge in [-0.25, -0.2) is 0 Å². The molecule has 0 radical (unpaired) electrons. The Balaban J connectivity index is 3.33. The van der Waals surface area contributed by atoms with E-state index in [2.05, 4.69) is 43.5 Å². The summed E-state index contributed by atoms with van der Waals surface area (Å²) in [7, 11) is 0. The highest BCUT2D eigenvalue weighted by atomic mass is 16.3. The fourth-order valence-corrected chi connectivity index (χ4v) is 7.74. The summed E-state index contributed by atoms with van der Waals surface area (Å²) in [6, 6.07) is -0.616. The summed E-state index contributed by atoms with van der Waals surface area (Å²) in [4.78, 5) is 12.3. The highest BCUT2D eigenvalue weighted by Crippen LogP contribution is 2.17. The number of hydrogen-bond acceptors (Lipinski definition) is 3. The third-order valence-corrected chi connectivity index (χ3v) is 11.6. The molecule has 56 heavy (non-hydrogen) atoms. The monoisotopic (exact) mass is 786 g/mol. The van der Waals surface area contributed by atoms with Gasteiger partial charge in [-0.3, -0.25) is 4.79 Å². The molecule has 0 aliphatic carbocycles. The zero-order valence-electron chi connectivity index (χ0n) is 37.9. The van der Waals surface area contributed by atoms with Gasteiger partial charge in [-0.2, -0.15) is 0 Å². The third kappa shape index (κ3) is 43.7. The molecule has 0 aromatic carbocycles. The van der Waals surface area contributed by atoms with Crippen molar-refractivity contribution in [2.75, 3.05) is 6.61 Å². The van der Waals surface area contributed by atoms with Crippen molar-refractivity contribution in [1.82, 2.24) is 5.32 Å². The van der Waals surface area contributed by atoms with E-state index in [-0.39, 0.29) is 12.5 Å². The molecule has 0 spiro atoms. The Kier molecular flexibility index (Phi) is 46.8. The van der Waals surface area contributed by atoms with E-state index in [1.54, 1.807) is 6.08 Å². The van der Waals surface area contributed by atoms with Gasteiger partial charge in [0, 0.05) is 6.42 Å². The van der Waals surface area contributed by atoms with Crippen LogP contribution in [0.3, 0.4) is 0 Å². The molecular weight excluding hydrogens is 687 g/mol. The van der Waals surface area contributed by atoms with E-state index in [0.717, 1.165) is 32.1 Å². The van der Waals surface area contributed by atoms with Crippen LogP contribution in [0.25, 0.3) is 0 Å². The van der Waals surface area contributed by atoms with Gasteiger partial charge in [0.1, 0.15) is 0 Å². The van der Waals surface area contributed by atoms with Crippen LogP contribution in [0.15, 0.2) is 36.5 Å². The number of carbonyl (C=O) groups excluding carboxylic acids is 1. The van der Waals surface area contributed by atoms with Gasteiger partial charge in [0.25, 0.3) is 0 Å². The number of allylic oxidation sites excluding steroid dienone is 5. The number of aliphatic hydroxyl groups excluding tert-OH is 2. The van der Waals surface area contributed by atoms with Gasteiger partial charge in [0.2, 0.25) is 5.91 Å². The van der Waals surface area contributed by atoms with Crippen molar-refractivity contribution in [2.45, 2.75) is 283 Å². The van der Waals surface area contributed by atoms with Gasteiger partial charge in [-0.15, -0.1) is 0 Å². The van der Waals surface area contributed by atoms with Crippen LogP contribution in [0.2, 0.25) is 0 Å². The second-order valence-electron chi connectivity index (χ2n) is 17.2. The number of nitrogens with one attached hydrogen (secondary N) is 1. The zero-order valence-corrected chi connectivity index (χ0v) is 37.9. The van der Waals surface area contributed by atoms with Crippen LogP contribution in [0, 0.1) is 0 Å². The molecule has 2 unspecified atom stereocenters. The average Bonchev–Trinajstić information content (AvgIpc) is 3.20. The van der Waals surface area contributed by atoms with Gasteiger partial charge in [0.05, 0.1) is 18.8 Å². The van der Waals surface area contributed by atoms with Crippen molar-refractivity contribution >= 4 is 5.91 Å². The Morgan fingerprint density at radius 1 is 0.429 bits per heavy atom. The highest BCUT2D eigenvalue weighted by Gasteiger charge is 2.18. The molecule has 0 rings (SSSR count). The Morgan fingerprint density at radius 3 is 1.07 bits per heavy atom. The maximum Gasteiger partial charge on any atom is 0.220 e. The molecule has 0 aromatic heterocycles. The van der Waals surface area contributed by atoms with Crippen molar-refractivity contribution < 1.29 is 15.0 Å². The van der Waals surface area contributed by atoms with Crippen molar-refractivity contribution in [2.24, 2.45) is 0 Å². The smallest absolute Gasteiger partial charge is 0.220 e. The summed E-state index contributed by atoms with van der Waals surface area (Å²) < 4.78 is 0. The van der Waals surface area contributed by atoms with Gasteiger partial charge >= 0.3 is 0 Å². The van der Waals surface area contributed by atoms with Gasteiger partial charge in [0.15, 0.2) is 0 Å². The molecule has 0 heterocycles. The van der Waals surface area contributed by atoms with E-state index in [0.29, 0.717) is 6.42 Å². The van der Waals surface area contributed by atoms with Crippen LogP contribution >= 0.6 is 0 Å². The number of rotatable bonds is 46. The lowest BCUT2D eigenvalue weighted by Gasteiger charge is -2.20. The van der Waals surface area contributed by atoms with E-state index in [1.165, 1.54) is 218 Å².